The van der Waals surface area contributed by atoms with E-state index in [1.54, 1.807) is 59.6 Å². The Morgan fingerprint density at radius 2 is 1.54 bits per heavy atom. The van der Waals surface area contributed by atoms with E-state index in [1.165, 1.54) is 18.2 Å². The molecule has 0 atom stereocenters. The highest BCUT2D eigenvalue weighted by Gasteiger charge is 2.33. The number of carbonyl (C=O) groups is 1. The molecule has 202 valence electrons. The molecule has 2 heterocycles. The van der Waals surface area contributed by atoms with Crippen LogP contribution in [0.3, 0.4) is 0 Å². The maximum absolute atomic E-state index is 13.8. The summed E-state index contributed by atoms with van der Waals surface area (Å²) in [6.07, 6.45) is 1.55. The van der Waals surface area contributed by atoms with Crippen molar-refractivity contribution in [2.24, 2.45) is 0 Å². The van der Waals surface area contributed by atoms with E-state index >= 15 is 0 Å². The van der Waals surface area contributed by atoms with Gasteiger partial charge in [-0.1, -0.05) is 18.2 Å². The average Bonchev–Trinajstić information content (AvgIpc) is 2.92. The van der Waals surface area contributed by atoms with Crippen molar-refractivity contribution in [1.82, 2.24) is 14.8 Å². The molecule has 0 spiro atoms. The molecule has 1 saturated heterocycles. The molecule has 0 saturated carbocycles. The van der Waals surface area contributed by atoms with Crippen LogP contribution in [0.2, 0.25) is 0 Å². The molecule has 1 fully saturated rings. The molecule has 10 heteroatoms. The normalized spacial score (nSPS) is 14.9. The topological polar surface area (TPSA) is 82.6 Å². The Morgan fingerprint density at radius 3 is 2.21 bits per heavy atom. The van der Waals surface area contributed by atoms with Gasteiger partial charge in [0.2, 0.25) is 0 Å². The highest BCUT2D eigenvalue weighted by Crippen LogP contribution is 2.30. The first-order chi connectivity index (χ1) is 18.5. The van der Waals surface area contributed by atoms with Crippen molar-refractivity contribution in [3.63, 3.8) is 0 Å². The first-order valence-electron chi connectivity index (χ1n) is 12.5. The summed E-state index contributed by atoms with van der Waals surface area (Å²) in [7, 11) is -3.90. The number of pyridine rings is 1. The highest BCUT2D eigenvalue weighted by atomic mass is 32.2. The molecule has 7 nitrogen and oxygen atoms in total. The molecular weight excluding hydrogens is 522 g/mol. The number of halogens is 2. The first-order valence-corrected chi connectivity index (χ1v) is 14.0. The molecule has 3 aromatic carbocycles. The standard InChI is InChI=1S/C29H28F2N4O3S/c1-29(2,22-17-23(30)19-24(31)18-22)35-15-13-34(14-16-35)28(36)21-8-10-25(11-9-21)33-39(37,38)26-7-3-5-20-6-4-12-32-27(20)26/h3-12,17-19,33H,13-16H2,1-2H3. The lowest BCUT2D eigenvalue weighted by Crippen LogP contribution is -2.54. The molecule has 0 unspecified atom stereocenters. The van der Waals surface area contributed by atoms with Crippen molar-refractivity contribution < 1.29 is 22.0 Å². The van der Waals surface area contributed by atoms with Gasteiger partial charge in [-0.05, 0) is 67.9 Å². The smallest absolute Gasteiger partial charge is 0.264 e. The molecular formula is C29H28F2N4O3S. The lowest BCUT2D eigenvalue weighted by atomic mass is 9.91. The highest BCUT2D eigenvalue weighted by molar-refractivity contribution is 7.93. The second-order valence-electron chi connectivity index (χ2n) is 10.0. The number of hydrogen-bond acceptors (Lipinski definition) is 5. The van der Waals surface area contributed by atoms with Gasteiger partial charge in [0.1, 0.15) is 16.5 Å². The van der Waals surface area contributed by atoms with Crippen LogP contribution >= 0.6 is 0 Å². The number of sulfonamides is 1. The van der Waals surface area contributed by atoms with Crippen molar-refractivity contribution in [3.8, 4) is 0 Å². The van der Waals surface area contributed by atoms with Crippen LogP contribution in [0, 0.1) is 11.6 Å². The molecule has 0 bridgehead atoms. The summed E-state index contributed by atoms with van der Waals surface area (Å²) in [6.45, 7) is 5.78. The zero-order valence-electron chi connectivity index (χ0n) is 21.6. The second-order valence-corrected chi connectivity index (χ2v) is 11.7. The van der Waals surface area contributed by atoms with Crippen LogP contribution in [-0.4, -0.2) is 55.3 Å². The Balaban J connectivity index is 1.24. The Kier molecular flexibility index (Phi) is 7.09. The van der Waals surface area contributed by atoms with Crippen molar-refractivity contribution in [2.75, 3.05) is 30.9 Å². The number of rotatable bonds is 6. The van der Waals surface area contributed by atoms with Gasteiger partial charge in [-0.15, -0.1) is 0 Å². The molecule has 5 rings (SSSR count). The van der Waals surface area contributed by atoms with E-state index in [1.807, 2.05) is 13.8 Å². The van der Waals surface area contributed by atoms with Crippen LogP contribution < -0.4 is 4.72 Å². The van der Waals surface area contributed by atoms with Gasteiger partial charge in [0.15, 0.2) is 0 Å². The van der Waals surface area contributed by atoms with Crippen molar-refractivity contribution >= 4 is 32.5 Å². The van der Waals surface area contributed by atoms with Gasteiger partial charge in [0.05, 0.1) is 5.52 Å². The number of fused-ring (bicyclic) bond motifs is 1. The summed E-state index contributed by atoms with van der Waals surface area (Å²) in [5.74, 6) is -1.41. The van der Waals surface area contributed by atoms with Crippen LogP contribution in [0.5, 0.6) is 0 Å². The molecule has 4 aromatic rings. The Labute approximate surface area is 226 Å². The van der Waals surface area contributed by atoms with E-state index in [0.717, 1.165) is 6.07 Å². The number of aromatic nitrogens is 1. The predicted molar refractivity (Wildman–Crippen MR) is 146 cm³/mol. The van der Waals surface area contributed by atoms with E-state index in [0.29, 0.717) is 53.9 Å². The molecule has 1 amide bonds. The quantitative estimate of drug-likeness (QED) is 0.365. The number of hydrogen-bond donors (Lipinski definition) is 1. The number of piperazine rings is 1. The van der Waals surface area contributed by atoms with Crippen LogP contribution in [0.25, 0.3) is 10.9 Å². The fourth-order valence-corrected chi connectivity index (χ4v) is 6.16. The molecule has 1 aliphatic rings. The van der Waals surface area contributed by atoms with Gasteiger partial charge in [0.25, 0.3) is 15.9 Å². The number of para-hydroxylation sites is 1. The molecule has 1 N–H and O–H groups in total. The third-order valence-corrected chi connectivity index (χ3v) is 8.61. The van der Waals surface area contributed by atoms with Gasteiger partial charge >= 0.3 is 0 Å². The van der Waals surface area contributed by atoms with Crippen LogP contribution in [-0.2, 0) is 15.6 Å². The van der Waals surface area contributed by atoms with E-state index < -0.39 is 27.2 Å². The SMILES string of the molecule is CC(C)(c1cc(F)cc(F)c1)N1CCN(C(=O)c2ccc(NS(=O)(=O)c3cccc4cccnc34)cc2)CC1. The largest absolute Gasteiger partial charge is 0.336 e. The van der Waals surface area contributed by atoms with E-state index in [4.69, 9.17) is 0 Å². The Hall–Kier alpha value is -3.89. The minimum absolute atomic E-state index is 0.0718. The summed E-state index contributed by atoms with van der Waals surface area (Å²) in [5.41, 5.74) is 1.07. The summed E-state index contributed by atoms with van der Waals surface area (Å²) in [6, 6.07) is 18.3. The number of benzene rings is 3. The molecule has 1 aromatic heterocycles. The number of nitrogens with one attached hydrogen (secondary N) is 1. The fraction of sp³-hybridized carbons (Fsp3) is 0.241. The zero-order chi connectivity index (χ0) is 27.8. The molecule has 39 heavy (non-hydrogen) atoms. The summed E-state index contributed by atoms with van der Waals surface area (Å²) >= 11 is 0. The summed E-state index contributed by atoms with van der Waals surface area (Å²) < 4.78 is 56.3. The summed E-state index contributed by atoms with van der Waals surface area (Å²) in [5, 5.41) is 0.716. The number of carbonyl (C=O) groups excluding carboxylic acids is 1. The molecule has 0 radical (unpaired) electrons. The Morgan fingerprint density at radius 1 is 0.897 bits per heavy atom. The number of amides is 1. The lowest BCUT2D eigenvalue weighted by Gasteiger charge is -2.44. The van der Waals surface area contributed by atoms with Gasteiger partial charge in [0, 0.05) is 60.6 Å². The second kappa shape index (κ2) is 10.3. The molecule has 0 aliphatic carbocycles. The van der Waals surface area contributed by atoms with Crippen molar-refractivity contribution in [2.45, 2.75) is 24.3 Å². The van der Waals surface area contributed by atoms with Crippen molar-refractivity contribution in [1.29, 1.82) is 0 Å². The first kappa shape index (κ1) is 26.7. The van der Waals surface area contributed by atoms with Crippen molar-refractivity contribution in [3.05, 3.63) is 102 Å². The maximum Gasteiger partial charge on any atom is 0.264 e. The zero-order valence-corrected chi connectivity index (χ0v) is 22.4. The van der Waals surface area contributed by atoms with Crippen LogP contribution in [0.1, 0.15) is 29.8 Å². The van der Waals surface area contributed by atoms with Crippen LogP contribution in [0.15, 0.2) is 83.9 Å². The third kappa shape index (κ3) is 5.48. The predicted octanol–water partition coefficient (Wildman–Crippen LogP) is 5.01. The lowest BCUT2D eigenvalue weighted by molar-refractivity contribution is 0.0390. The van der Waals surface area contributed by atoms with E-state index in [9.17, 15) is 22.0 Å². The maximum atomic E-state index is 13.8. The van der Waals surface area contributed by atoms with E-state index in [2.05, 4.69) is 14.6 Å². The number of nitrogens with zero attached hydrogens (tertiary/aromatic N) is 3. The fourth-order valence-electron chi connectivity index (χ4n) is 4.92. The van der Waals surface area contributed by atoms with E-state index in [-0.39, 0.29) is 10.8 Å². The minimum Gasteiger partial charge on any atom is -0.336 e. The minimum atomic E-state index is -3.90. The third-order valence-electron chi connectivity index (χ3n) is 7.20. The van der Waals surface area contributed by atoms with Crippen LogP contribution in [0.4, 0.5) is 14.5 Å². The Bertz CT molecular complexity index is 1610. The summed E-state index contributed by atoms with van der Waals surface area (Å²) in [4.78, 5) is 21.3. The molecule has 1 aliphatic heterocycles. The average molecular weight is 551 g/mol. The van der Waals surface area contributed by atoms with Gasteiger partial charge in [-0.3, -0.25) is 19.4 Å². The van der Waals surface area contributed by atoms with Gasteiger partial charge in [-0.2, -0.15) is 0 Å². The number of anilines is 1. The van der Waals surface area contributed by atoms with Gasteiger partial charge in [-0.25, -0.2) is 17.2 Å². The monoisotopic (exact) mass is 550 g/mol. The van der Waals surface area contributed by atoms with Gasteiger partial charge < -0.3 is 4.90 Å².